The van der Waals surface area contributed by atoms with E-state index in [9.17, 15) is 0 Å². The van der Waals surface area contributed by atoms with Crippen LogP contribution in [0, 0.1) is 0 Å². The molecule has 2 heteroatoms. The van der Waals surface area contributed by atoms with E-state index in [0.29, 0.717) is 0 Å². The Labute approximate surface area is 359 Å². The van der Waals surface area contributed by atoms with Gasteiger partial charge in [-0.05, 0) is 136 Å². The minimum atomic E-state index is -0.388. The van der Waals surface area contributed by atoms with Crippen molar-refractivity contribution in [3.63, 3.8) is 0 Å². The molecule has 1 heterocycles. The average molecular weight is 792 g/mol. The third-order valence-corrected chi connectivity index (χ3v) is 14.5. The molecule has 61 heavy (non-hydrogen) atoms. The average Bonchev–Trinajstić information content (AvgIpc) is 4.03. The molecule has 1 nitrogen and oxygen atoms in total. The first-order valence-corrected chi connectivity index (χ1v) is 21.9. The zero-order valence-corrected chi connectivity index (χ0v) is 34.0. The van der Waals surface area contributed by atoms with Crippen LogP contribution in [0.3, 0.4) is 0 Å². The van der Waals surface area contributed by atoms with Crippen LogP contribution in [-0.2, 0) is 5.41 Å². The van der Waals surface area contributed by atoms with Gasteiger partial charge in [0.1, 0.15) is 0 Å². The number of hydrogen-bond donors (Lipinski definition) is 0. The van der Waals surface area contributed by atoms with Gasteiger partial charge < -0.3 is 4.90 Å². The molecule has 0 aliphatic heterocycles. The highest BCUT2D eigenvalue weighted by Gasteiger charge is 2.51. The lowest BCUT2D eigenvalue weighted by molar-refractivity contribution is 0.794. The van der Waals surface area contributed by atoms with Gasteiger partial charge in [0.15, 0.2) is 0 Å². The van der Waals surface area contributed by atoms with Crippen LogP contribution in [0.2, 0.25) is 0 Å². The maximum absolute atomic E-state index is 2.48. The van der Waals surface area contributed by atoms with Gasteiger partial charge in [0, 0.05) is 26.8 Å². The van der Waals surface area contributed by atoms with Crippen molar-refractivity contribution in [2.24, 2.45) is 0 Å². The Morgan fingerprint density at radius 1 is 0.279 bits per heavy atom. The van der Waals surface area contributed by atoms with E-state index in [1.54, 1.807) is 0 Å². The van der Waals surface area contributed by atoms with Crippen LogP contribution in [0.25, 0.3) is 75.5 Å². The lowest BCUT2D eigenvalue weighted by Crippen LogP contribution is -2.25. The van der Waals surface area contributed by atoms with Crippen molar-refractivity contribution < 1.29 is 0 Å². The summed E-state index contributed by atoms with van der Waals surface area (Å²) >= 11 is 1.85. The molecular weight excluding hydrogens is 755 g/mol. The first-order valence-electron chi connectivity index (χ1n) is 21.1. The SMILES string of the molecule is c1ccc(-c2ccc(-c3cccc(N(c4ccc5c(c4)-c4ccccc4C54c5ccccc5-c5ccccc54)c4ccc5c6ccccc6c6ccccc6c5c4)c3)s2)cc1. The molecule has 11 aromatic rings. The summed E-state index contributed by atoms with van der Waals surface area (Å²) in [5.41, 5.74) is 16.1. The lowest BCUT2D eigenvalue weighted by Gasteiger charge is -2.31. The van der Waals surface area contributed by atoms with Crippen LogP contribution in [0.1, 0.15) is 22.3 Å². The third-order valence-electron chi connectivity index (χ3n) is 13.3. The van der Waals surface area contributed by atoms with Crippen LogP contribution in [-0.4, -0.2) is 0 Å². The summed E-state index contributed by atoms with van der Waals surface area (Å²) in [5.74, 6) is 0. The van der Waals surface area contributed by atoms with Crippen LogP contribution in [0.15, 0.2) is 224 Å². The van der Waals surface area contributed by atoms with Gasteiger partial charge in [-0.1, -0.05) is 176 Å². The molecule has 0 bridgehead atoms. The Morgan fingerprint density at radius 2 is 0.721 bits per heavy atom. The summed E-state index contributed by atoms with van der Waals surface area (Å²) in [6.45, 7) is 0. The molecule has 0 N–H and O–H groups in total. The normalized spacial score (nSPS) is 13.0. The number of thiophene rings is 1. The van der Waals surface area contributed by atoms with E-state index in [4.69, 9.17) is 0 Å². The van der Waals surface area contributed by atoms with E-state index < -0.39 is 0 Å². The molecule has 0 unspecified atom stereocenters. The fourth-order valence-electron chi connectivity index (χ4n) is 10.8. The fourth-order valence-corrected chi connectivity index (χ4v) is 11.8. The zero-order valence-electron chi connectivity index (χ0n) is 33.2. The fraction of sp³-hybridized carbons (Fsp3) is 0.0169. The molecule has 0 radical (unpaired) electrons. The van der Waals surface area contributed by atoms with Crippen molar-refractivity contribution in [2.75, 3.05) is 4.90 Å². The van der Waals surface area contributed by atoms with Gasteiger partial charge >= 0.3 is 0 Å². The second kappa shape index (κ2) is 13.2. The van der Waals surface area contributed by atoms with Crippen molar-refractivity contribution >= 4 is 60.7 Å². The molecular formula is C59H37NS. The van der Waals surface area contributed by atoms with E-state index in [-0.39, 0.29) is 5.41 Å². The highest BCUT2D eigenvalue weighted by Crippen LogP contribution is 2.63. The number of fused-ring (bicyclic) bond motifs is 16. The number of rotatable bonds is 5. The van der Waals surface area contributed by atoms with Crippen molar-refractivity contribution in [3.05, 3.63) is 247 Å². The highest BCUT2D eigenvalue weighted by molar-refractivity contribution is 7.18. The summed E-state index contributed by atoms with van der Waals surface area (Å²) in [6.07, 6.45) is 0. The summed E-state index contributed by atoms with van der Waals surface area (Å²) in [4.78, 5) is 5.00. The Bertz CT molecular complexity index is 3480. The smallest absolute Gasteiger partial charge is 0.0725 e. The molecule has 13 rings (SSSR count). The predicted molar refractivity (Wildman–Crippen MR) is 259 cm³/mol. The standard InChI is InChI=1S/C59H37NS/c1-2-15-38(16-3-1)57-33-34-58(61-57)39-17-14-18-40(35-39)60(41-29-31-47-45-21-5-4-19-43(45)44-20-6-7-22-46(44)51(47)36-41)42-30-32-56-52(37-42)50-25-10-13-28-55(50)59(56)53-26-11-8-23-48(53)49-24-9-12-27-54(49)59/h1-37H. The Balaban J connectivity index is 1.05. The Kier molecular flexibility index (Phi) is 7.46. The first-order chi connectivity index (χ1) is 30.3. The minimum Gasteiger partial charge on any atom is -0.310 e. The second-order valence-corrected chi connectivity index (χ2v) is 17.4. The van der Waals surface area contributed by atoms with Gasteiger partial charge in [-0.25, -0.2) is 0 Å². The molecule has 0 saturated heterocycles. The molecule has 0 saturated carbocycles. The largest absolute Gasteiger partial charge is 0.310 e. The first kappa shape index (κ1) is 34.4. The molecule has 2 aliphatic carbocycles. The predicted octanol–water partition coefficient (Wildman–Crippen LogP) is 16.4. The van der Waals surface area contributed by atoms with Crippen LogP contribution < -0.4 is 4.90 Å². The molecule has 0 fully saturated rings. The summed E-state index contributed by atoms with van der Waals surface area (Å²) in [5, 5.41) is 7.63. The number of nitrogens with zero attached hydrogens (tertiary/aromatic N) is 1. The van der Waals surface area contributed by atoms with Crippen molar-refractivity contribution in [1.82, 2.24) is 0 Å². The molecule has 284 valence electrons. The van der Waals surface area contributed by atoms with Crippen LogP contribution in [0.4, 0.5) is 17.1 Å². The van der Waals surface area contributed by atoms with Gasteiger partial charge in [0.25, 0.3) is 0 Å². The maximum Gasteiger partial charge on any atom is 0.0725 e. The van der Waals surface area contributed by atoms with E-state index in [0.717, 1.165) is 17.1 Å². The summed E-state index contributed by atoms with van der Waals surface area (Å²) < 4.78 is 0. The molecule has 1 aromatic heterocycles. The number of benzene rings is 10. The molecule has 10 aromatic carbocycles. The molecule has 0 atom stereocenters. The Morgan fingerprint density at radius 3 is 1.36 bits per heavy atom. The minimum absolute atomic E-state index is 0.388. The second-order valence-electron chi connectivity index (χ2n) is 16.4. The molecule has 1 spiro atoms. The molecule has 0 amide bonds. The van der Waals surface area contributed by atoms with Gasteiger partial charge in [-0.15, -0.1) is 11.3 Å². The number of anilines is 3. The van der Waals surface area contributed by atoms with E-state index in [1.807, 2.05) is 11.3 Å². The van der Waals surface area contributed by atoms with Gasteiger partial charge in [-0.2, -0.15) is 0 Å². The van der Waals surface area contributed by atoms with E-state index in [2.05, 4.69) is 229 Å². The maximum atomic E-state index is 2.48. The highest BCUT2D eigenvalue weighted by atomic mass is 32.1. The van der Waals surface area contributed by atoms with Gasteiger partial charge in [0.05, 0.1) is 5.41 Å². The van der Waals surface area contributed by atoms with Crippen LogP contribution >= 0.6 is 11.3 Å². The quantitative estimate of drug-likeness (QED) is 0.157. The van der Waals surface area contributed by atoms with Crippen LogP contribution in [0.5, 0.6) is 0 Å². The zero-order chi connectivity index (χ0) is 40.1. The third kappa shape index (κ3) is 4.94. The number of hydrogen-bond acceptors (Lipinski definition) is 2. The van der Waals surface area contributed by atoms with E-state index >= 15 is 0 Å². The van der Waals surface area contributed by atoms with Crippen molar-refractivity contribution in [2.45, 2.75) is 5.41 Å². The van der Waals surface area contributed by atoms with Crippen molar-refractivity contribution in [3.8, 4) is 43.1 Å². The van der Waals surface area contributed by atoms with E-state index in [1.165, 1.54) is 97.7 Å². The molecule has 2 aliphatic rings. The summed E-state index contributed by atoms with van der Waals surface area (Å²) in [6, 6.07) is 83.5. The Hall–Kier alpha value is -7.52. The van der Waals surface area contributed by atoms with Gasteiger partial charge in [-0.3, -0.25) is 0 Å². The van der Waals surface area contributed by atoms with Crippen molar-refractivity contribution in [1.29, 1.82) is 0 Å². The summed E-state index contributed by atoms with van der Waals surface area (Å²) in [7, 11) is 0. The van der Waals surface area contributed by atoms with Gasteiger partial charge in [0.2, 0.25) is 0 Å². The lowest BCUT2D eigenvalue weighted by atomic mass is 9.70. The monoisotopic (exact) mass is 791 g/mol. The topological polar surface area (TPSA) is 3.24 Å².